The minimum atomic E-state index is -0.341. The van der Waals surface area contributed by atoms with Gasteiger partial charge in [-0.2, -0.15) is 0 Å². The number of aromatic nitrogens is 4. The summed E-state index contributed by atoms with van der Waals surface area (Å²) in [5.74, 6) is 1.77. The van der Waals surface area contributed by atoms with E-state index in [9.17, 15) is 4.79 Å². The average Bonchev–Trinajstić information content (AvgIpc) is 3.16. The first-order valence-corrected chi connectivity index (χ1v) is 10.6. The van der Waals surface area contributed by atoms with Gasteiger partial charge in [-0.25, -0.2) is 14.6 Å². The molecule has 1 N–H and O–H groups in total. The van der Waals surface area contributed by atoms with Crippen molar-refractivity contribution in [2.75, 3.05) is 23.3 Å². The van der Waals surface area contributed by atoms with Gasteiger partial charge in [-0.1, -0.05) is 32.0 Å². The Morgan fingerprint density at radius 2 is 1.83 bits per heavy atom. The maximum Gasteiger partial charge on any atom is 0.295 e. The van der Waals surface area contributed by atoms with Crippen LogP contribution in [0.15, 0.2) is 42.6 Å². The molecule has 0 atom stereocenters. The number of hydrogen-bond acceptors (Lipinski definition) is 5. The zero-order valence-electron chi connectivity index (χ0n) is 17.8. The highest BCUT2D eigenvalue weighted by atomic mass is 16.2. The number of nitrogens with one attached hydrogen (secondary N) is 1. The third kappa shape index (κ3) is 4.20. The number of benzene rings is 1. The van der Waals surface area contributed by atoms with Crippen LogP contribution in [0.4, 0.5) is 11.5 Å². The van der Waals surface area contributed by atoms with E-state index in [1.165, 1.54) is 19.3 Å². The second-order valence-electron chi connectivity index (χ2n) is 8.01. The summed E-state index contributed by atoms with van der Waals surface area (Å²) in [6, 6.07) is 11.9. The molecule has 1 saturated heterocycles. The molecule has 0 radical (unpaired) electrons. The SMILES string of the molecule is Cc1nc(C(=O)Nc2ccc(N3CCCCC3)nc2)nn1-c1ccccc1C(C)C. The second kappa shape index (κ2) is 8.65. The fourth-order valence-electron chi connectivity index (χ4n) is 3.84. The first kappa shape index (κ1) is 20.1. The highest BCUT2D eigenvalue weighted by molar-refractivity contribution is 6.01. The summed E-state index contributed by atoms with van der Waals surface area (Å²) in [4.78, 5) is 23.9. The van der Waals surface area contributed by atoms with Crippen LogP contribution in [0.3, 0.4) is 0 Å². The van der Waals surface area contributed by atoms with Crippen LogP contribution in [0, 0.1) is 6.92 Å². The molecule has 156 valence electrons. The molecule has 2 aromatic heterocycles. The molecule has 30 heavy (non-hydrogen) atoms. The number of hydrogen-bond donors (Lipinski definition) is 1. The van der Waals surface area contributed by atoms with Gasteiger partial charge in [-0.3, -0.25) is 4.79 Å². The number of carbonyl (C=O) groups is 1. The van der Waals surface area contributed by atoms with Crippen LogP contribution in [-0.2, 0) is 0 Å². The van der Waals surface area contributed by atoms with Crippen molar-refractivity contribution in [2.45, 2.75) is 46.0 Å². The summed E-state index contributed by atoms with van der Waals surface area (Å²) in [6.45, 7) is 8.21. The molecule has 1 aliphatic rings. The van der Waals surface area contributed by atoms with Crippen LogP contribution >= 0.6 is 0 Å². The fourth-order valence-corrected chi connectivity index (χ4v) is 3.84. The van der Waals surface area contributed by atoms with E-state index in [0.29, 0.717) is 17.4 Å². The molecule has 3 aromatic rings. The molecule has 1 aromatic carbocycles. The third-order valence-electron chi connectivity index (χ3n) is 5.44. The number of carbonyl (C=O) groups excluding carboxylic acids is 1. The predicted molar refractivity (Wildman–Crippen MR) is 118 cm³/mol. The van der Waals surface area contributed by atoms with Crippen molar-refractivity contribution in [1.82, 2.24) is 19.7 Å². The first-order chi connectivity index (χ1) is 14.5. The Morgan fingerprint density at radius 1 is 1.07 bits per heavy atom. The molecule has 1 amide bonds. The highest BCUT2D eigenvalue weighted by Crippen LogP contribution is 2.23. The number of para-hydroxylation sites is 1. The summed E-state index contributed by atoms with van der Waals surface area (Å²) >= 11 is 0. The van der Waals surface area contributed by atoms with Crippen LogP contribution in [0.5, 0.6) is 0 Å². The molecule has 0 unspecified atom stereocenters. The van der Waals surface area contributed by atoms with Crippen molar-refractivity contribution in [3.63, 3.8) is 0 Å². The fraction of sp³-hybridized carbons (Fsp3) is 0.391. The minimum absolute atomic E-state index is 0.145. The summed E-state index contributed by atoms with van der Waals surface area (Å²) < 4.78 is 1.74. The summed E-state index contributed by atoms with van der Waals surface area (Å²) in [5.41, 5.74) is 2.75. The molecule has 4 rings (SSSR count). The molecule has 1 fully saturated rings. The van der Waals surface area contributed by atoms with Crippen molar-refractivity contribution in [2.24, 2.45) is 0 Å². The Balaban J connectivity index is 1.50. The smallest absolute Gasteiger partial charge is 0.295 e. The Kier molecular flexibility index (Phi) is 5.79. The number of anilines is 2. The molecule has 0 spiro atoms. The topological polar surface area (TPSA) is 75.9 Å². The van der Waals surface area contributed by atoms with E-state index in [0.717, 1.165) is 30.2 Å². The molecular weight excluding hydrogens is 376 g/mol. The van der Waals surface area contributed by atoms with Crippen LogP contribution in [0.2, 0.25) is 0 Å². The molecule has 3 heterocycles. The van der Waals surface area contributed by atoms with Crippen LogP contribution in [0.1, 0.15) is 61.0 Å². The normalized spacial score (nSPS) is 14.2. The van der Waals surface area contributed by atoms with Crippen LogP contribution in [0.25, 0.3) is 5.69 Å². The molecule has 7 nitrogen and oxygen atoms in total. The Labute approximate surface area is 177 Å². The van der Waals surface area contributed by atoms with Gasteiger partial charge < -0.3 is 10.2 Å². The maximum atomic E-state index is 12.7. The van der Waals surface area contributed by atoms with Gasteiger partial charge in [0.2, 0.25) is 5.82 Å². The van der Waals surface area contributed by atoms with Gasteiger partial charge in [-0.15, -0.1) is 5.10 Å². The molecular formula is C23H28N6O. The van der Waals surface area contributed by atoms with Gasteiger partial charge >= 0.3 is 0 Å². The van der Waals surface area contributed by atoms with Crippen LogP contribution in [-0.4, -0.2) is 38.7 Å². The Hall–Kier alpha value is -3.22. The predicted octanol–water partition coefficient (Wildman–Crippen LogP) is 4.34. The minimum Gasteiger partial charge on any atom is -0.357 e. The van der Waals surface area contributed by atoms with Gasteiger partial charge in [0.1, 0.15) is 11.6 Å². The van der Waals surface area contributed by atoms with Gasteiger partial charge in [0, 0.05) is 13.1 Å². The van der Waals surface area contributed by atoms with E-state index in [-0.39, 0.29) is 11.7 Å². The van der Waals surface area contributed by atoms with Crippen molar-refractivity contribution >= 4 is 17.4 Å². The third-order valence-corrected chi connectivity index (χ3v) is 5.44. The van der Waals surface area contributed by atoms with E-state index in [1.54, 1.807) is 10.9 Å². The van der Waals surface area contributed by atoms with E-state index < -0.39 is 0 Å². The number of piperidine rings is 1. The van der Waals surface area contributed by atoms with Crippen molar-refractivity contribution in [3.05, 3.63) is 59.8 Å². The number of pyridine rings is 1. The summed E-state index contributed by atoms with van der Waals surface area (Å²) in [5, 5.41) is 7.33. The van der Waals surface area contributed by atoms with Crippen LogP contribution < -0.4 is 10.2 Å². The Bertz CT molecular complexity index is 1020. The van der Waals surface area contributed by atoms with Crippen molar-refractivity contribution in [1.29, 1.82) is 0 Å². The van der Waals surface area contributed by atoms with Gasteiger partial charge in [-0.05, 0) is 55.9 Å². The number of aryl methyl sites for hydroxylation is 1. The average molecular weight is 405 g/mol. The van der Waals surface area contributed by atoms with Gasteiger partial charge in [0.25, 0.3) is 5.91 Å². The zero-order chi connectivity index (χ0) is 21.1. The number of rotatable bonds is 5. The Morgan fingerprint density at radius 3 is 2.53 bits per heavy atom. The van der Waals surface area contributed by atoms with E-state index >= 15 is 0 Å². The molecule has 7 heteroatoms. The molecule has 0 bridgehead atoms. The quantitative estimate of drug-likeness (QED) is 0.685. The van der Waals surface area contributed by atoms with E-state index in [2.05, 4.69) is 45.2 Å². The lowest BCUT2D eigenvalue weighted by Crippen LogP contribution is -2.30. The highest BCUT2D eigenvalue weighted by Gasteiger charge is 2.18. The molecule has 0 saturated carbocycles. The molecule has 0 aliphatic carbocycles. The first-order valence-electron chi connectivity index (χ1n) is 10.6. The monoisotopic (exact) mass is 404 g/mol. The standard InChI is InChI=1S/C23H28N6O/c1-16(2)19-9-5-6-10-20(19)29-17(3)25-22(27-29)23(30)26-18-11-12-21(24-15-18)28-13-7-4-8-14-28/h5-6,9-12,15-16H,4,7-8,13-14H2,1-3H3,(H,26,30). The number of nitrogens with zero attached hydrogens (tertiary/aromatic N) is 5. The lowest BCUT2D eigenvalue weighted by atomic mass is 10.0. The molecule has 1 aliphatic heterocycles. The largest absolute Gasteiger partial charge is 0.357 e. The zero-order valence-corrected chi connectivity index (χ0v) is 17.8. The van der Waals surface area contributed by atoms with E-state index in [1.807, 2.05) is 37.3 Å². The van der Waals surface area contributed by atoms with Gasteiger partial charge in [0.05, 0.1) is 17.6 Å². The van der Waals surface area contributed by atoms with E-state index in [4.69, 9.17) is 0 Å². The number of amides is 1. The summed E-state index contributed by atoms with van der Waals surface area (Å²) in [7, 11) is 0. The van der Waals surface area contributed by atoms with Crippen molar-refractivity contribution in [3.8, 4) is 5.69 Å². The second-order valence-corrected chi connectivity index (χ2v) is 8.01. The maximum absolute atomic E-state index is 12.7. The summed E-state index contributed by atoms with van der Waals surface area (Å²) in [6.07, 6.45) is 5.38. The van der Waals surface area contributed by atoms with Crippen molar-refractivity contribution < 1.29 is 4.79 Å². The van der Waals surface area contributed by atoms with Gasteiger partial charge in [0.15, 0.2) is 0 Å². The lowest BCUT2D eigenvalue weighted by Gasteiger charge is -2.27. The lowest BCUT2D eigenvalue weighted by molar-refractivity contribution is 0.101.